The Bertz CT molecular complexity index is 338. The van der Waals surface area contributed by atoms with E-state index in [4.69, 9.17) is 0 Å². The van der Waals surface area contributed by atoms with Gasteiger partial charge in [0.2, 0.25) is 0 Å². The minimum absolute atomic E-state index is 1.02. The van der Waals surface area contributed by atoms with E-state index in [0.29, 0.717) is 0 Å². The van der Waals surface area contributed by atoms with Crippen molar-refractivity contribution in [1.82, 2.24) is 15.1 Å². The van der Waals surface area contributed by atoms with E-state index in [1.807, 2.05) is 0 Å². The van der Waals surface area contributed by atoms with Crippen molar-refractivity contribution in [3.63, 3.8) is 0 Å². The Morgan fingerprint density at radius 3 is 3.07 bits per heavy atom. The lowest BCUT2D eigenvalue weighted by Gasteiger charge is -2.21. The molecule has 1 aliphatic heterocycles. The Morgan fingerprint density at radius 1 is 1.57 bits per heavy atom. The van der Waals surface area contributed by atoms with Crippen LogP contribution in [0, 0.1) is 0 Å². The summed E-state index contributed by atoms with van der Waals surface area (Å²) in [6.45, 7) is 4.32. The highest BCUT2D eigenvalue weighted by molar-refractivity contribution is 5.64. The van der Waals surface area contributed by atoms with Crippen LogP contribution < -0.4 is 0 Å². The SMILES string of the molecule is CCc1cc(C2=CCCN(C)C2)n[nH]1. The summed E-state index contributed by atoms with van der Waals surface area (Å²) in [6, 6.07) is 2.16. The first-order valence-electron chi connectivity index (χ1n) is 5.22. The fraction of sp³-hybridized carbons (Fsp3) is 0.545. The van der Waals surface area contributed by atoms with Crippen LogP contribution in [-0.2, 0) is 6.42 Å². The molecule has 0 amide bonds. The van der Waals surface area contributed by atoms with E-state index in [-0.39, 0.29) is 0 Å². The van der Waals surface area contributed by atoms with Crippen LogP contribution in [0.4, 0.5) is 0 Å². The van der Waals surface area contributed by atoms with Gasteiger partial charge in [0.05, 0.1) is 5.69 Å². The van der Waals surface area contributed by atoms with E-state index in [0.717, 1.165) is 31.6 Å². The molecule has 0 atom stereocenters. The predicted molar refractivity (Wildman–Crippen MR) is 58.1 cm³/mol. The summed E-state index contributed by atoms with van der Waals surface area (Å²) in [6.07, 6.45) is 4.46. The Morgan fingerprint density at radius 2 is 2.43 bits per heavy atom. The van der Waals surface area contributed by atoms with Gasteiger partial charge in [0.25, 0.3) is 0 Å². The van der Waals surface area contributed by atoms with Crippen molar-refractivity contribution < 1.29 is 0 Å². The number of hydrogen-bond donors (Lipinski definition) is 1. The van der Waals surface area contributed by atoms with Crippen LogP contribution in [0.15, 0.2) is 12.1 Å². The smallest absolute Gasteiger partial charge is 0.0893 e. The van der Waals surface area contributed by atoms with Crippen LogP contribution in [0.5, 0.6) is 0 Å². The molecular weight excluding hydrogens is 174 g/mol. The van der Waals surface area contributed by atoms with Gasteiger partial charge in [-0.1, -0.05) is 13.0 Å². The summed E-state index contributed by atoms with van der Waals surface area (Å²) in [5.41, 5.74) is 3.69. The molecule has 0 saturated heterocycles. The van der Waals surface area contributed by atoms with Crippen LogP contribution in [-0.4, -0.2) is 35.2 Å². The van der Waals surface area contributed by atoms with E-state index < -0.39 is 0 Å². The molecule has 0 aromatic carbocycles. The molecule has 1 N–H and O–H groups in total. The molecule has 0 fully saturated rings. The third kappa shape index (κ3) is 1.87. The molecule has 76 valence electrons. The lowest BCUT2D eigenvalue weighted by atomic mass is 10.1. The zero-order chi connectivity index (χ0) is 9.97. The lowest BCUT2D eigenvalue weighted by molar-refractivity contribution is 0.372. The summed E-state index contributed by atoms with van der Waals surface area (Å²) in [5, 5.41) is 7.38. The standard InChI is InChI=1S/C11H17N3/c1-3-10-7-11(13-12-10)9-5-4-6-14(2)8-9/h5,7H,3-4,6,8H2,1-2H3,(H,12,13). The van der Waals surface area contributed by atoms with Gasteiger partial charge in [0, 0.05) is 18.8 Å². The maximum Gasteiger partial charge on any atom is 0.0893 e. The second kappa shape index (κ2) is 3.96. The van der Waals surface area contributed by atoms with Crippen molar-refractivity contribution in [3.05, 3.63) is 23.5 Å². The Balaban J connectivity index is 2.18. The third-order valence-electron chi connectivity index (χ3n) is 2.68. The van der Waals surface area contributed by atoms with E-state index >= 15 is 0 Å². The van der Waals surface area contributed by atoms with E-state index in [1.165, 1.54) is 11.3 Å². The molecule has 1 aliphatic rings. The van der Waals surface area contributed by atoms with E-state index in [2.05, 4.69) is 41.2 Å². The number of rotatable bonds is 2. The molecule has 0 spiro atoms. The third-order valence-corrected chi connectivity index (χ3v) is 2.68. The predicted octanol–water partition coefficient (Wildman–Crippen LogP) is 1.69. The number of hydrogen-bond acceptors (Lipinski definition) is 2. The summed E-state index contributed by atoms with van der Waals surface area (Å²) < 4.78 is 0. The molecular formula is C11H17N3. The van der Waals surface area contributed by atoms with Gasteiger partial charge in [-0.05, 0) is 31.5 Å². The van der Waals surface area contributed by atoms with Gasteiger partial charge in [0.15, 0.2) is 0 Å². The highest BCUT2D eigenvalue weighted by Crippen LogP contribution is 2.18. The zero-order valence-electron chi connectivity index (χ0n) is 8.88. The quantitative estimate of drug-likeness (QED) is 0.771. The monoisotopic (exact) mass is 191 g/mol. The van der Waals surface area contributed by atoms with Crippen LogP contribution in [0.1, 0.15) is 24.7 Å². The zero-order valence-corrected chi connectivity index (χ0v) is 8.88. The van der Waals surface area contributed by atoms with Crippen molar-refractivity contribution in [3.8, 4) is 0 Å². The Labute approximate surface area is 84.8 Å². The highest BCUT2D eigenvalue weighted by atomic mass is 15.1. The number of likely N-dealkylation sites (N-methyl/N-ethyl adjacent to an activating group) is 1. The van der Waals surface area contributed by atoms with Crippen molar-refractivity contribution in [2.24, 2.45) is 0 Å². The second-order valence-electron chi connectivity index (χ2n) is 3.89. The molecule has 3 heteroatoms. The maximum atomic E-state index is 4.33. The van der Waals surface area contributed by atoms with Gasteiger partial charge in [-0.15, -0.1) is 0 Å². The normalized spacial score (nSPS) is 18.3. The number of aromatic nitrogens is 2. The summed E-state index contributed by atoms with van der Waals surface area (Å²) in [4.78, 5) is 2.33. The maximum absolute atomic E-state index is 4.33. The van der Waals surface area contributed by atoms with Crippen molar-refractivity contribution in [2.75, 3.05) is 20.1 Å². The fourth-order valence-electron chi connectivity index (χ4n) is 1.79. The van der Waals surface area contributed by atoms with Gasteiger partial charge >= 0.3 is 0 Å². The number of aromatic amines is 1. The molecule has 1 aromatic heterocycles. The number of aryl methyl sites for hydroxylation is 1. The van der Waals surface area contributed by atoms with E-state index in [9.17, 15) is 0 Å². The Kier molecular flexibility index (Phi) is 2.68. The van der Waals surface area contributed by atoms with Gasteiger partial charge in [-0.3, -0.25) is 5.10 Å². The molecule has 3 nitrogen and oxygen atoms in total. The van der Waals surface area contributed by atoms with E-state index in [1.54, 1.807) is 0 Å². The second-order valence-corrected chi connectivity index (χ2v) is 3.89. The molecule has 14 heavy (non-hydrogen) atoms. The molecule has 0 radical (unpaired) electrons. The van der Waals surface area contributed by atoms with Gasteiger partial charge < -0.3 is 4.90 Å². The van der Waals surface area contributed by atoms with Crippen LogP contribution >= 0.6 is 0 Å². The average molecular weight is 191 g/mol. The minimum Gasteiger partial charge on any atom is -0.302 e. The minimum atomic E-state index is 1.02. The summed E-state index contributed by atoms with van der Waals surface area (Å²) in [7, 11) is 2.15. The van der Waals surface area contributed by atoms with Crippen molar-refractivity contribution >= 4 is 5.57 Å². The highest BCUT2D eigenvalue weighted by Gasteiger charge is 2.12. The summed E-state index contributed by atoms with van der Waals surface area (Å²) in [5.74, 6) is 0. The van der Waals surface area contributed by atoms with Crippen molar-refractivity contribution in [1.29, 1.82) is 0 Å². The molecule has 0 unspecified atom stereocenters. The molecule has 0 bridgehead atoms. The van der Waals surface area contributed by atoms with Gasteiger partial charge in [-0.25, -0.2) is 0 Å². The summed E-state index contributed by atoms with van der Waals surface area (Å²) >= 11 is 0. The first kappa shape index (κ1) is 9.46. The van der Waals surface area contributed by atoms with Crippen molar-refractivity contribution in [2.45, 2.75) is 19.8 Å². The van der Waals surface area contributed by atoms with Gasteiger partial charge in [0.1, 0.15) is 0 Å². The van der Waals surface area contributed by atoms with Gasteiger partial charge in [-0.2, -0.15) is 5.10 Å². The largest absolute Gasteiger partial charge is 0.302 e. The molecule has 1 aromatic rings. The molecule has 0 saturated carbocycles. The first-order valence-corrected chi connectivity index (χ1v) is 5.22. The first-order chi connectivity index (χ1) is 6.79. The number of nitrogens with zero attached hydrogens (tertiary/aromatic N) is 2. The molecule has 2 heterocycles. The van der Waals surface area contributed by atoms with Crippen LogP contribution in [0.25, 0.3) is 5.57 Å². The molecule has 0 aliphatic carbocycles. The van der Waals surface area contributed by atoms with Crippen LogP contribution in [0.3, 0.4) is 0 Å². The number of nitrogens with one attached hydrogen (secondary N) is 1. The topological polar surface area (TPSA) is 31.9 Å². The van der Waals surface area contributed by atoms with Crippen LogP contribution in [0.2, 0.25) is 0 Å². The fourth-order valence-corrected chi connectivity index (χ4v) is 1.79. The lowest BCUT2D eigenvalue weighted by Crippen LogP contribution is -2.25. The molecule has 2 rings (SSSR count). The average Bonchev–Trinajstić information content (AvgIpc) is 2.66. The Hall–Kier alpha value is -1.09. The number of H-pyrrole nitrogens is 1.